The number of esters is 1. The first-order valence-corrected chi connectivity index (χ1v) is 7.05. The van der Waals surface area contributed by atoms with Crippen molar-refractivity contribution in [2.45, 2.75) is 17.9 Å². The zero-order valence-corrected chi connectivity index (χ0v) is 12.7. The molecule has 19 heavy (non-hydrogen) atoms. The van der Waals surface area contributed by atoms with E-state index in [1.54, 1.807) is 0 Å². The summed E-state index contributed by atoms with van der Waals surface area (Å²) in [5.41, 5.74) is 1.89. The highest BCUT2D eigenvalue weighted by atomic mass is 79.9. The normalized spacial score (nSPS) is 10.2. The Morgan fingerprint density at radius 2 is 1.84 bits per heavy atom. The Hall–Kier alpha value is -1.26. The number of hydrogen-bond acceptors (Lipinski definition) is 3. The highest BCUT2D eigenvalue weighted by Gasteiger charge is 2.05. The van der Waals surface area contributed by atoms with Crippen molar-refractivity contribution in [3.8, 4) is 0 Å². The molecule has 2 aromatic rings. The maximum absolute atomic E-state index is 11.7. The lowest BCUT2D eigenvalue weighted by Gasteiger charge is -2.05. The van der Waals surface area contributed by atoms with Gasteiger partial charge in [0.05, 0.1) is 6.42 Å². The summed E-state index contributed by atoms with van der Waals surface area (Å²) in [6, 6.07) is 15.2. The molecule has 0 heterocycles. The second-order valence-electron chi connectivity index (χ2n) is 4.13. The Morgan fingerprint density at radius 1 is 1.11 bits per heavy atom. The third-order valence-electron chi connectivity index (χ3n) is 2.57. The van der Waals surface area contributed by atoms with Crippen LogP contribution in [0.5, 0.6) is 0 Å². The zero-order chi connectivity index (χ0) is 13.7. The molecule has 0 bridgehead atoms. The van der Waals surface area contributed by atoms with E-state index in [4.69, 9.17) is 4.74 Å². The van der Waals surface area contributed by atoms with Crippen LogP contribution < -0.4 is 0 Å². The number of rotatable bonds is 4. The number of benzene rings is 2. The second-order valence-corrected chi connectivity index (χ2v) is 5.57. The Balaban J connectivity index is 1.86. The van der Waals surface area contributed by atoms with E-state index in [-0.39, 0.29) is 12.4 Å². The van der Waals surface area contributed by atoms with Gasteiger partial charge in [0.2, 0.25) is 0 Å². The minimum Gasteiger partial charge on any atom is -0.461 e. The molecule has 0 unspecified atom stereocenters. The average molecular weight is 337 g/mol. The molecule has 4 heteroatoms. The van der Waals surface area contributed by atoms with Crippen molar-refractivity contribution in [3.63, 3.8) is 0 Å². The van der Waals surface area contributed by atoms with Crippen molar-refractivity contribution < 1.29 is 9.53 Å². The van der Waals surface area contributed by atoms with Crippen LogP contribution in [-0.4, -0.2) is 5.97 Å². The number of carbonyl (C=O) groups excluding carboxylic acids is 1. The number of carbonyl (C=O) groups is 1. The summed E-state index contributed by atoms with van der Waals surface area (Å²) in [6.45, 7) is 0.295. The molecule has 0 aliphatic heterocycles. The van der Waals surface area contributed by atoms with Gasteiger partial charge in [-0.15, -0.1) is 12.6 Å². The van der Waals surface area contributed by atoms with Crippen LogP contribution in [0.2, 0.25) is 0 Å². The molecule has 2 rings (SSSR count). The summed E-state index contributed by atoms with van der Waals surface area (Å²) < 4.78 is 6.22. The monoisotopic (exact) mass is 336 g/mol. The van der Waals surface area contributed by atoms with E-state index < -0.39 is 0 Å². The van der Waals surface area contributed by atoms with E-state index in [1.807, 2.05) is 48.5 Å². The molecule has 0 saturated carbocycles. The molecule has 2 aromatic carbocycles. The van der Waals surface area contributed by atoms with Gasteiger partial charge in [0.15, 0.2) is 0 Å². The summed E-state index contributed by atoms with van der Waals surface area (Å²) in [6.07, 6.45) is 0.280. The standard InChI is InChI=1S/C15H13BrO2S/c16-13-3-1-2-12(8-13)10-18-15(17)9-11-4-6-14(19)7-5-11/h1-8,19H,9-10H2. The first-order valence-electron chi connectivity index (χ1n) is 5.81. The number of halogens is 1. The van der Waals surface area contributed by atoms with Crippen LogP contribution in [0.1, 0.15) is 11.1 Å². The molecule has 0 aliphatic carbocycles. The number of thiol groups is 1. The molecule has 0 atom stereocenters. The van der Waals surface area contributed by atoms with Gasteiger partial charge < -0.3 is 4.74 Å². The van der Waals surface area contributed by atoms with Gasteiger partial charge in [-0.2, -0.15) is 0 Å². The predicted molar refractivity (Wildman–Crippen MR) is 81.3 cm³/mol. The maximum atomic E-state index is 11.7. The molecular formula is C15H13BrO2S. The molecule has 2 nitrogen and oxygen atoms in total. The molecule has 0 spiro atoms. The van der Waals surface area contributed by atoms with Crippen molar-refractivity contribution >= 4 is 34.5 Å². The number of ether oxygens (including phenoxy) is 1. The van der Waals surface area contributed by atoms with E-state index in [1.165, 1.54) is 0 Å². The first kappa shape index (κ1) is 14.2. The minimum absolute atomic E-state index is 0.230. The van der Waals surface area contributed by atoms with Crippen molar-refractivity contribution in [3.05, 3.63) is 64.1 Å². The summed E-state index contributed by atoms with van der Waals surface area (Å²) >= 11 is 7.58. The van der Waals surface area contributed by atoms with Gasteiger partial charge >= 0.3 is 5.97 Å². The van der Waals surface area contributed by atoms with E-state index in [9.17, 15) is 4.79 Å². The lowest BCUT2D eigenvalue weighted by atomic mass is 10.1. The van der Waals surface area contributed by atoms with Crippen molar-refractivity contribution in [1.29, 1.82) is 0 Å². The fourth-order valence-corrected chi connectivity index (χ4v) is 2.22. The van der Waals surface area contributed by atoms with Gasteiger partial charge in [0.25, 0.3) is 0 Å². The second kappa shape index (κ2) is 6.78. The van der Waals surface area contributed by atoms with Crippen LogP contribution in [0, 0.1) is 0 Å². The highest BCUT2D eigenvalue weighted by molar-refractivity contribution is 9.10. The quantitative estimate of drug-likeness (QED) is 0.674. The van der Waals surface area contributed by atoms with E-state index in [2.05, 4.69) is 28.6 Å². The maximum Gasteiger partial charge on any atom is 0.310 e. The molecule has 0 amide bonds. The van der Waals surface area contributed by atoms with Gasteiger partial charge in [-0.25, -0.2) is 0 Å². The molecule has 0 N–H and O–H groups in total. The lowest BCUT2D eigenvalue weighted by Crippen LogP contribution is -2.07. The Morgan fingerprint density at radius 3 is 2.53 bits per heavy atom. The smallest absolute Gasteiger partial charge is 0.310 e. The minimum atomic E-state index is -0.230. The van der Waals surface area contributed by atoms with Crippen LogP contribution in [0.25, 0.3) is 0 Å². The highest BCUT2D eigenvalue weighted by Crippen LogP contribution is 2.13. The van der Waals surface area contributed by atoms with Crippen molar-refractivity contribution in [2.24, 2.45) is 0 Å². The fourth-order valence-electron chi connectivity index (χ4n) is 1.62. The van der Waals surface area contributed by atoms with E-state index in [0.717, 1.165) is 20.5 Å². The SMILES string of the molecule is O=C(Cc1ccc(S)cc1)OCc1cccc(Br)c1. The molecule has 98 valence electrons. The Labute approximate surface area is 126 Å². The molecule has 0 aromatic heterocycles. The molecular weight excluding hydrogens is 324 g/mol. The van der Waals surface area contributed by atoms with E-state index in [0.29, 0.717) is 6.61 Å². The summed E-state index contributed by atoms with van der Waals surface area (Å²) in [5.74, 6) is -0.230. The summed E-state index contributed by atoms with van der Waals surface area (Å²) in [5, 5.41) is 0. The third kappa shape index (κ3) is 4.73. The van der Waals surface area contributed by atoms with Gasteiger partial charge in [-0.05, 0) is 35.4 Å². The summed E-state index contributed by atoms with van der Waals surface area (Å²) in [7, 11) is 0. The van der Waals surface area contributed by atoms with Gasteiger partial charge in [0.1, 0.15) is 6.61 Å². The number of hydrogen-bond donors (Lipinski definition) is 1. The Bertz CT molecular complexity index is 567. The molecule has 0 radical (unpaired) electrons. The van der Waals surface area contributed by atoms with E-state index >= 15 is 0 Å². The lowest BCUT2D eigenvalue weighted by molar-refractivity contribution is -0.144. The topological polar surface area (TPSA) is 26.3 Å². The van der Waals surface area contributed by atoms with Gasteiger partial charge in [-0.1, -0.05) is 40.2 Å². The predicted octanol–water partition coefficient (Wildman–Crippen LogP) is 4.02. The van der Waals surface area contributed by atoms with Crippen LogP contribution >= 0.6 is 28.6 Å². The van der Waals surface area contributed by atoms with Crippen LogP contribution in [0.15, 0.2) is 57.9 Å². The molecule has 0 aliphatic rings. The largest absolute Gasteiger partial charge is 0.461 e. The van der Waals surface area contributed by atoms with Crippen molar-refractivity contribution in [1.82, 2.24) is 0 Å². The molecule has 0 fully saturated rings. The fraction of sp³-hybridized carbons (Fsp3) is 0.133. The van der Waals surface area contributed by atoms with Crippen LogP contribution in [0.3, 0.4) is 0 Å². The average Bonchev–Trinajstić information content (AvgIpc) is 2.39. The van der Waals surface area contributed by atoms with Gasteiger partial charge in [0, 0.05) is 9.37 Å². The summed E-state index contributed by atoms with van der Waals surface area (Å²) in [4.78, 5) is 12.6. The zero-order valence-electron chi connectivity index (χ0n) is 10.2. The first-order chi connectivity index (χ1) is 9.13. The van der Waals surface area contributed by atoms with Gasteiger partial charge in [-0.3, -0.25) is 4.79 Å². The third-order valence-corrected chi connectivity index (χ3v) is 3.37. The Kier molecular flexibility index (Phi) is 5.05. The van der Waals surface area contributed by atoms with Crippen LogP contribution in [0.4, 0.5) is 0 Å². The molecule has 0 saturated heterocycles. The van der Waals surface area contributed by atoms with Crippen LogP contribution in [-0.2, 0) is 22.6 Å². The van der Waals surface area contributed by atoms with Crippen molar-refractivity contribution in [2.75, 3.05) is 0 Å².